The number of rotatable bonds is 5. The molecule has 9 heteroatoms. The topological polar surface area (TPSA) is 61.6 Å². The average Bonchev–Trinajstić information content (AvgIpc) is 3.06. The zero-order valence-corrected chi connectivity index (χ0v) is 15.8. The van der Waals surface area contributed by atoms with E-state index in [1.165, 1.54) is 12.1 Å². The molecule has 1 amide bonds. The molecule has 1 aliphatic rings. The van der Waals surface area contributed by atoms with Crippen LogP contribution in [-0.4, -0.2) is 53.1 Å². The van der Waals surface area contributed by atoms with Crippen LogP contribution >= 0.6 is 0 Å². The average molecular weight is 396 g/mol. The highest BCUT2D eigenvalue weighted by atomic mass is 19.4. The molecule has 1 aromatic heterocycles. The van der Waals surface area contributed by atoms with Crippen LogP contribution in [0.2, 0.25) is 0 Å². The number of amides is 1. The maximum atomic E-state index is 12.9. The van der Waals surface area contributed by atoms with Crippen molar-refractivity contribution in [1.29, 1.82) is 0 Å². The smallest absolute Gasteiger partial charge is 0.338 e. The first-order valence-corrected chi connectivity index (χ1v) is 9.09. The fourth-order valence-corrected chi connectivity index (χ4v) is 3.23. The maximum absolute atomic E-state index is 12.9. The van der Waals surface area contributed by atoms with Crippen LogP contribution in [0.4, 0.5) is 19.1 Å². The highest BCUT2D eigenvalue weighted by Gasteiger charge is 2.31. The van der Waals surface area contributed by atoms with Crippen LogP contribution in [0.15, 0.2) is 34.9 Å². The molecule has 1 aliphatic heterocycles. The Kier molecular flexibility index (Phi) is 6.04. The van der Waals surface area contributed by atoms with E-state index in [1.807, 2.05) is 11.8 Å². The molecule has 0 bridgehead atoms. The lowest BCUT2D eigenvalue weighted by Gasteiger charge is -2.37. The molecular weight excluding hydrogens is 373 g/mol. The van der Waals surface area contributed by atoms with E-state index in [4.69, 9.17) is 4.52 Å². The zero-order chi connectivity index (χ0) is 20.3. The Balaban J connectivity index is 1.51. The summed E-state index contributed by atoms with van der Waals surface area (Å²) in [5.74, 6) is 0.139. The van der Waals surface area contributed by atoms with Gasteiger partial charge in [-0.2, -0.15) is 13.2 Å². The maximum Gasteiger partial charge on any atom is 0.416 e. The number of nitrogens with one attached hydrogen (secondary N) is 1. The quantitative estimate of drug-likeness (QED) is 0.841. The molecule has 6 nitrogen and oxygen atoms in total. The fraction of sp³-hybridized carbons (Fsp3) is 0.474. The van der Waals surface area contributed by atoms with E-state index in [-0.39, 0.29) is 11.9 Å². The molecule has 3 rings (SSSR count). The van der Waals surface area contributed by atoms with Gasteiger partial charge in [-0.1, -0.05) is 23.4 Å². The summed E-state index contributed by atoms with van der Waals surface area (Å²) in [7, 11) is 0. The van der Waals surface area contributed by atoms with Gasteiger partial charge >= 0.3 is 6.18 Å². The molecular formula is C19H23F3N4O2. The highest BCUT2D eigenvalue weighted by Crippen LogP contribution is 2.29. The summed E-state index contributed by atoms with van der Waals surface area (Å²) < 4.78 is 43.6. The van der Waals surface area contributed by atoms with E-state index in [0.29, 0.717) is 49.9 Å². The van der Waals surface area contributed by atoms with Gasteiger partial charge in [-0.15, -0.1) is 0 Å². The van der Waals surface area contributed by atoms with Crippen LogP contribution < -0.4 is 5.32 Å². The third-order valence-corrected chi connectivity index (χ3v) is 4.87. The third kappa shape index (κ3) is 5.11. The summed E-state index contributed by atoms with van der Waals surface area (Å²) in [6, 6.07) is 6.72. The number of carbonyl (C=O) groups excluding carboxylic acids is 1. The van der Waals surface area contributed by atoms with Crippen LogP contribution in [0.3, 0.4) is 0 Å². The first-order chi connectivity index (χ1) is 13.2. The Hall–Kier alpha value is -2.39. The minimum atomic E-state index is -4.33. The minimum absolute atomic E-state index is 0.178. The Morgan fingerprint density at radius 3 is 2.57 bits per heavy atom. The summed E-state index contributed by atoms with van der Waals surface area (Å²) in [5.41, 5.74) is 0.692. The molecule has 0 aliphatic carbocycles. The van der Waals surface area contributed by atoms with Crippen molar-refractivity contribution >= 4 is 11.8 Å². The predicted molar refractivity (Wildman–Crippen MR) is 97.6 cm³/mol. The molecule has 0 radical (unpaired) electrons. The van der Waals surface area contributed by atoms with E-state index < -0.39 is 11.7 Å². The molecule has 2 heterocycles. The van der Waals surface area contributed by atoms with Crippen molar-refractivity contribution in [3.63, 3.8) is 0 Å². The second kappa shape index (κ2) is 8.32. The van der Waals surface area contributed by atoms with Gasteiger partial charge in [0.25, 0.3) is 0 Å². The molecule has 1 atom stereocenters. The van der Waals surface area contributed by atoms with Gasteiger partial charge in [0.15, 0.2) is 0 Å². The zero-order valence-electron chi connectivity index (χ0n) is 15.8. The Labute approximate surface area is 161 Å². The lowest BCUT2D eigenvalue weighted by Crippen LogP contribution is -2.52. The number of alkyl halides is 3. The van der Waals surface area contributed by atoms with Gasteiger partial charge in [0.05, 0.1) is 17.3 Å². The normalized spacial score (nSPS) is 17.5. The van der Waals surface area contributed by atoms with Gasteiger partial charge in [-0.25, -0.2) is 0 Å². The van der Waals surface area contributed by atoms with E-state index in [2.05, 4.69) is 15.4 Å². The molecule has 1 N–H and O–H groups in total. The Morgan fingerprint density at radius 2 is 1.96 bits per heavy atom. The summed E-state index contributed by atoms with van der Waals surface area (Å²) in [4.78, 5) is 16.5. The molecule has 1 fully saturated rings. The van der Waals surface area contributed by atoms with Crippen molar-refractivity contribution in [2.45, 2.75) is 32.6 Å². The first kappa shape index (κ1) is 20.3. The van der Waals surface area contributed by atoms with Gasteiger partial charge in [0.2, 0.25) is 11.8 Å². The third-order valence-electron chi connectivity index (χ3n) is 4.87. The number of aromatic nitrogens is 1. The van der Waals surface area contributed by atoms with Crippen molar-refractivity contribution in [2.75, 3.05) is 31.5 Å². The number of anilines is 1. The number of aryl methyl sites for hydroxylation is 1. The molecule has 28 heavy (non-hydrogen) atoms. The summed E-state index contributed by atoms with van der Waals surface area (Å²) in [5, 5.41) is 6.43. The van der Waals surface area contributed by atoms with Gasteiger partial charge in [0, 0.05) is 38.8 Å². The van der Waals surface area contributed by atoms with E-state index >= 15 is 0 Å². The molecule has 0 spiro atoms. The molecule has 2 aromatic rings. The molecule has 1 saturated heterocycles. The number of hydrogen-bond donors (Lipinski definition) is 1. The van der Waals surface area contributed by atoms with Crippen LogP contribution in [0.1, 0.15) is 23.7 Å². The van der Waals surface area contributed by atoms with Gasteiger partial charge in [-0.3, -0.25) is 19.9 Å². The SMILES string of the molecule is Cc1cc(NC(=O)C(C)N2CCN(Cc3cccc(C(F)(F)F)c3)CC2)on1. The monoisotopic (exact) mass is 396 g/mol. The van der Waals surface area contributed by atoms with Crippen molar-refractivity contribution in [1.82, 2.24) is 15.0 Å². The summed E-state index contributed by atoms with van der Waals surface area (Å²) in [6.45, 7) is 6.71. The van der Waals surface area contributed by atoms with Crippen molar-refractivity contribution in [3.05, 3.63) is 47.2 Å². The Morgan fingerprint density at radius 1 is 1.25 bits per heavy atom. The second-order valence-electron chi connectivity index (χ2n) is 7.01. The molecule has 0 saturated carbocycles. The number of piperazine rings is 1. The lowest BCUT2D eigenvalue weighted by atomic mass is 10.1. The van der Waals surface area contributed by atoms with Crippen molar-refractivity contribution in [2.24, 2.45) is 0 Å². The number of halogens is 3. The van der Waals surface area contributed by atoms with Gasteiger partial charge in [0.1, 0.15) is 0 Å². The predicted octanol–water partition coefficient (Wildman–Crippen LogP) is 3.15. The fourth-order valence-electron chi connectivity index (χ4n) is 3.23. The van der Waals surface area contributed by atoms with E-state index in [1.54, 1.807) is 19.1 Å². The Bertz CT molecular complexity index is 814. The van der Waals surface area contributed by atoms with E-state index in [0.717, 1.165) is 6.07 Å². The molecule has 152 valence electrons. The van der Waals surface area contributed by atoms with Crippen LogP contribution in [0.5, 0.6) is 0 Å². The van der Waals surface area contributed by atoms with Crippen molar-refractivity contribution in [3.8, 4) is 0 Å². The highest BCUT2D eigenvalue weighted by molar-refractivity contribution is 5.93. The minimum Gasteiger partial charge on any atom is -0.338 e. The van der Waals surface area contributed by atoms with Gasteiger partial charge < -0.3 is 4.52 Å². The summed E-state index contributed by atoms with van der Waals surface area (Å²) >= 11 is 0. The number of nitrogens with zero attached hydrogens (tertiary/aromatic N) is 3. The lowest BCUT2D eigenvalue weighted by molar-refractivity contribution is -0.137. The number of carbonyl (C=O) groups is 1. The largest absolute Gasteiger partial charge is 0.416 e. The summed E-state index contributed by atoms with van der Waals surface area (Å²) in [6.07, 6.45) is -4.33. The molecule has 1 aromatic carbocycles. The van der Waals surface area contributed by atoms with Crippen molar-refractivity contribution < 1.29 is 22.5 Å². The first-order valence-electron chi connectivity index (χ1n) is 9.09. The van der Waals surface area contributed by atoms with E-state index in [9.17, 15) is 18.0 Å². The number of benzene rings is 1. The standard InChI is InChI=1S/C19H23F3N4O2/c1-13-10-17(28-24-13)23-18(27)14(2)26-8-6-25(7-9-26)12-15-4-3-5-16(11-15)19(20,21)22/h3-5,10-11,14H,6-9,12H2,1-2H3,(H,23,27). The van der Waals surface area contributed by atoms with Gasteiger partial charge in [-0.05, 0) is 25.5 Å². The second-order valence-corrected chi connectivity index (χ2v) is 7.01. The number of hydrogen-bond acceptors (Lipinski definition) is 5. The molecule has 1 unspecified atom stereocenters. The van der Waals surface area contributed by atoms with Crippen LogP contribution in [0.25, 0.3) is 0 Å². The van der Waals surface area contributed by atoms with Crippen LogP contribution in [-0.2, 0) is 17.5 Å². The van der Waals surface area contributed by atoms with Crippen LogP contribution in [0, 0.1) is 6.92 Å².